The summed E-state index contributed by atoms with van der Waals surface area (Å²) in [6, 6.07) is 0. The van der Waals surface area contributed by atoms with Gasteiger partial charge < -0.3 is 5.32 Å². The SMILES string of the molecule is CN=C1CCNC1=O. The molecule has 0 saturated carbocycles. The number of hydrogen-bond acceptors (Lipinski definition) is 2. The first kappa shape index (κ1) is 5.28. The van der Waals surface area contributed by atoms with Gasteiger partial charge in [0.15, 0.2) is 0 Å². The maximum absolute atomic E-state index is 10.6. The first-order valence-electron chi connectivity index (χ1n) is 2.58. The molecule has 8 heavy (non-hydrogen) atoms. The highest BCUT2D eigenvalue weighted by atomic mass is 16.2. The van der Waals surface area contributed by atoms with E-state index in [0.29, 0.717) is 5.71 Å². The molecular formula is C5H8N2O. The Morgan fingerprint density at radius 3 is 2.75 bits per heavy atom. The van der Waals surface area contributed by atoms with Crippen LogP contribution in [0.1, 0.15) is 6.42 Å². The second kappa shape index (κ2) is 1.94. The fourth-order valence-corrected chi connectivity index (χ4v) is 0.723. The van der Waals surface area contributed by atoms with Crippen LogP contribution in [0.4, 0.5) is 0 Å². The molecule has 3 heteroatoms. The molecule has 44 valence electrons. The van der Waals surface area contributed by atoms with Crippen LogP contribution in [0.2, 0.25) is 0 Å². The van der Waals surface area contributed by atoms with E-state index in [-0.39, 0.29) is 5.91 Å². The van der Waals surface area contributed by atoms with Crippen molar-refractivity contribution in [2.75, 3.05) is 13.6 Å². The van der Waals surface area contributed by atoms with Crippen molar-refractivity contribution in [1.29, 1.82) is 0 Å². The molecule has 0 radical (unpaired) electrons. The van der Waals surface area contributed by atoms with Gasteiger partial charge in [-0.15, -0.1) is 0 Å². The van der Waals surface area contributed by atoms with Crippen LogP contribution in [-0.4, -0.2) is 25.2 Å². The quantitative estimate of drug-likeness (QED) is 0.454. The third-order valence-corrected chi connectivity index (χ3v) is 1.18. The number of carbonyl (C=O) groups excluding carboxylic acids is 1. The highest BCUT2D eigenvalue weighted by Crippen LogP contribution is 1.92. The lowest BCUT2D eigenvalue weighted by Gasteiger charge is -1.84. The van der Waals surface area contributed by atoms with Gasteiger partial charge in [0.05, 0.1) is 0 Å². The topological polar surface area (TPSA) is 41.5 Å². The number of nitrogens with one attached hydrogen (secondary N) is 1. The lowest BCUT2D eigenvalue weighted by atomic mass is 10.3. The fourth-order valence-electron chi connectivity index (χ4n) is 0.723. The van der Waals surface area contributed by atoms with Gasteiger partial charge in [0, 0.05) is 20.0 Å². The molecule has 0 bridgehead atoms. The number of carbonyl (C=O) groups is 1. The minimum atomic E-state index is -0.00694. The van der Waals surface area contributed by atoms with Crippen LogP contribution in [0.5, 0.6) is 0 Å². The molecule has 0 unspecified atom stereocenters. The maximum Gasteiger partial charge on any atom is 0.265 e. The molecule has 1 aliphatic heterocycles. The van der Waals surface area contributed by atoms with Crippen LogP contribution in [0, 0.1) is 0 Å². The summed E-state index contributed by atoms with van der Waals surface area (Å²) in [5.41, 5.74) is 0.671. The summed E-state index contributed by atoms with van der Waals surface area (Å²) in [5, 5.41) is 2.65. The highest BCUT2D eigenvalue weighted by Gasteiger charge is 2.15. The lowest BCUT2D eigenvalue weighted by Crippen LogP contribution is -2.18. The standard InChI is InChI=1S/C5H8N2O/c1-6-4-2-3-7-5(4)8/h2-3H2,1H3,(H,7,8). The van der Waals surface area contributed by atoms with Gasteiger partial charge in [0.25, 0.3) is 5.91 Å². The molecule has 0 aliphatic carbocycles. The van der Waals surface area contributed by atoms with Gasteiger partial charge in [-0.3, -0.25) is 9.79 Å². The predicted molar refractivity (Wildman–Crippen MR) is 31.0 cm³/mol. The van der Waals surface area contributed by atoms with E-state index in [1.165, 1.54) is 0 Å². The van der Waals surface area contributed by atoms with Crippen molar-refractivity contribution in [3.8, 4) is 0 Å². The van der Waals surface area contributed by atoms with E-state index in [1.807, 2.05) is 0 Å². The third kappa shape index (κ3) is 0.710. The van der Waals surface area contributed by atoms with Crippen LogP contribution < -0.4 is 5.32 Å². The largest absolute Gasteiger partial charge is 0.351 e. The number of hydrogen-bond donors (Lipinski definition) is 1. The first-order valence-corrected chi connectivity index (χ1v) is 2.58. The van der Waals surface area contributed by atoms with Crippen molar-refractivity contribution in [2.24, 2.45) is 4.99 Å². The second-order valence-corrected chi connectivity index (χ2v) is 1.68. The summed E-state index contributed by atoms with van der Waals surface area (Å²) < 4.78 is 0. The van der Waals surface area contributed by atoms with Crippen LogP contribution in [-0.2, 0) is 4.79 Å². The fraction of sp³-hybridized carbons (Fsp3) is 0.600. The van der Waals surface area contributed by atoms with E-state index in [1.54, 1.807) is 7.05 Å². The molecule has 1 rings (SSSR count). The molecule has 1 amide bonds. The summed E-state index contributed by atoms with van der Waals surface area (Å²) in [6.45, 7) is 0.755. The Bertz CT molecular complexity index is 139. The number of rotatable bonds is 0. The zero-order valence-electron chi connectivity index (χ0n) is 4.77. The van der Waals surface area contributed by atoms with Crippen LogP contribution in [0.25, 0.3) is 0 Å². The summed E-state index contributed by atoms with van der Waals surface area (Å²) in [7, 11) is 1.64. The van der Waals surface area contributed by atoms with E-state index >= 15 is 0 Å². The van der Waals surface area contributed by atoms with E-state index < -0.39 is 0 Å². The smallest absolute Gasteiger partial charge is 0.265 e. The van der Waals surface area contributed by atoms with Gasteiger partial charge in [-0.05, 0) is 0 Å². The van der Waals surface area contributed by atoms with Crippen molar-refractivity contribution in [1.82, 2.24) is 5.32 Å². The van der Waals surface area contributed by atoms with E-state index in [9.17, 15) is 4.79 Å². The molecule has 0 spiro atoms. The average Bonchev–Trinajstić information content (AvgIpc) is 2.14. The molecule has 1 N–H and O–H groups in total. The van der Waals surface area contributed by atoms with Crippen molar-refractivity contribution >= 4 is 11.6 Å². The van der Waals surface area contributed by atoms with Gasteiger partial charge >= 0.3 is 0 Å². The van der Waals surface area contributed by atoms with Crippen molar-refractivity contribution in [2.45, 2.75) is 6.42 Å². The van der Waals surface area contributed by atoms with Gasteiger partial charge in [0.1, 0.15) is 5.71 Å². The zero-order chi connectivity index (χ0) is 5.98. The summed E-state index contributed by atoms with van der Waals surface area (Å²) in [6.07, 6.45) is 0.787. The van der Waals surface area contributed by atoms with Gasteiger partial charge in [-0.25, -0.2) is 0 Å². The van der Waals surface area contributed by atoms with Crippen molar-refractivity contribution in [3.63, 3.8) is 0 Å². The van der Waals surface area contributed by atoms with Crippen LogP contribution in [0.3, 0.4) is 0 Å². The molecule has 1 saturated heterocycles. The van der Waals surface area contributed by atoms with E-state index in [2.05, 4.69) is 10.3 Å². The molecule has 0 aromatic carbocycles. The minimum Gasteiger partial charge on any atom is -0.351 e. The maximum atomic E-state index is 10.6. The van der Waals surface area contributed by atoms with E-state index in [4.69, 9.17) is 0 Å². The molecule has 0 aromatic heterocycles. The molecule has 1 heterocycles. The monoisotopic (exact) mass is 112 g/mol. The summed E-state index contributed by atoms with van der Waals surface area (Å²) in [5.74, 6) is -0.00694. The van der Waals surface area contributed by atoms with Crippen LogP contribution in [0.15, 0.2) is 4.99 Å². The Labute approximate surface area is 47.8 Å². The predicted octanol–water partition coefficient (Wildman–Crippen LogP) is -0.423. The number of aliphatic imine (C=N–C) groups is 1. The molecule has 0 atom stereocenters. The molecule has 1 fully saturated rings. The Balaban J connectivity index is 2.69. The Kier molecular flexibility index (Phi) is 1.28. The third-order valence-electron chi connectivity index (χ3n) is 1.18. The zero-order valence-corrected chi connectivity index (χ0v) is 4.77. The van der Waals surface area contributed by atoms with Crippen molar-refractivity contribution in [3.05, 3.63) is 0 Å². The van der Waals surface area contributed by atoms with Gasteiger partial charge in [-0.1, -0.05) is 0 Å². The number of amides is 1. The summed E-state index contributed by atoms with van der Waals surface area (Å²) in [4.78, 5) is 14.3. The average molecular weight is 112 g/mol. The van der Waals surface area contributed by atoms with E-state index in [0.717, 1.165) is 13.0 Å². The minimum absolute atomic E-state index is 0.00694. The molecular weight excluding hydrogens is 104 g/mol. The Morgan fingerprint density at radius 2 is 2.50 bits per heavy atom. The molecule has 1 aliphatic rings. The number of nitrogens with zero attached hydrogens (tertiary/aromatic N) is 1. The summed E-state index contributed by atoms with van der Waals surface area (Å²) >= 11 is 0. The Morgan fingerprint density at radius 1 is 1.75 bits per heavy atom. The normalized spacial score (nSPS) is 24.1. The van der Waals surface area contributed by atoms with Crippen LogP contribution >= 0.6 is 0 Å². The second-order valence-electron chi connectivity index (χ2n) is 1.68. The van der Waals surface area contributed by atoms with Gasteiger partial charge in [0.2, 0.25) is 0 Å². The first-order chi connectivity index (χ1) is 3.84. The Hall–Kier alpha value is -0.860. The lowest BCUT2D eigenvalue weighted by molar-refractivity contribution is -0.113. The molecule has 0 aromatic rings. The van der Waals surface area contributed by atoms with Gasteiger partial charge in [-0.2, -0.15) is 0 Å². The molecule has 3 nitrogen and oxygen atoms in total. The van der Waals surface area contributed by atoms with Crippen molar-refractivity contribution < 1.29 is 4.79 Å². The highest BCUT2D eigenvalue weighted by molar-refractivity contribution is 6.40.